The number of pyridine rings is 1. The molecule has 0 saturated heterocycles. The maximum atomic E-state index is 6.10. The third kappa shape index (κ3) is 4.20. The van der Waals surface area contributed by atoms with Crippen LogP contribution < -0.4 is 10.1 Å². The molecule has 5 heteroatoms. The molecule has 1 aromatic carbocycles. The van der Waals surface area contributed by atoms with E-state index in [0.717, 1.165) is 29.0 Å². The minimum absolute atomic E-state index is 0.577. The standard InChI is InChI=1S/C14H14BrClN2O/c1-2-17-9-11-8-12(5-6-18-11)19-14-7-10(15)3-4-13(14)16/h3-8,17H,2,9H2,1H3. The summed E-state index contributed by atoms with van der Waals surface area (Å²) in [5.74, 6) is 1.35. The van der Waals surface area contributed by atoms with Gasteiger partial charge in [-0.3, -0.25) is 4.98 Å². The maximum absolute atomic E-state index is 6.10. The fraction of sp³-hybridized carbons (Fsp3) is 0.214. The van der Waals surface area contributed by atoms with E-state index < -0.39 is 0 Å². The third-order valence-corrected chi connectivity index (χ3v) is 3.27. The van der Waals surface area contributed by atoms with Crippen LogP contribution >= 0.6 is 27.5 Å². The summed E-state index contributed by atoms with van der Waals surface area (Å²) < 4.78 is 6.71. The van der Waals surface area contributed by atoms with Gasteiger partial charge in [0.25, 0.3) is 0 Å². The molecule has 0 amide bonds. The van der Waals surface area contributed by atoms with E-state index in [0.29, 0.717) is 10.8 Å². The van der Waals surface area contributed by atoms with E-state index in [1.807, 2.05) is 24.3 Å². The zero-order chi connectivity index (χ0) is 13.7. The van der Waals surface area contributed by atoms with Crippen molar-refractivity contribution >= 4 is 27.5 Å². The highest BCUT2D eigenvalue weighted by molar-refractivity contribution is 9.10. The predicted octanol–water partition coefficient (Wildman–Crippen LogP) is 4.40. The van der Waals surface area contributed by atoms with Crippen molar-refractivity contribution in [3.63, 3.8) is 0 Å². The van der Waals surface area contributed by atoms with E-state index in [4.69, 9.17) is 16.3 Å². The zero-order valence-corrected chi connectivity index (χ0v) is 12.8. The molecule has 1 heterocycles. The lowest BCUT2D eigenvalue weighted by Gasteiger charge is -2.09. The molecule has 2 rings (SSSR count). The van der Waals surface area contributed by atoms with Crippen LogP contribution in [-0.4, -0.2) is 11.5 Å². The lowest BCUT2D eigenvalue weighted by Crippen LogP contribution is -2.12. The number of nitrogens with one attached hydrogen (secondary N) is 1. The average molecular weight is 342 g/mol. The van der Waals surface area contributed by atoms with E-state index in [1.54, 1.807) is 12.3 Å². The molecule has 0 radical (unpaired) electrons. The summed E-state index contributed by atoms with van der Waals surface area (Å²) in [6.45, 7) is 3.69. The highest BCUT2D eigenvalue weighted by Crippen LogP contribution is 2.31. The minimum atomic E-state index is 0.577. The van der Waals surface area contributed by atoms with Gasteiger partial charge in [0.1, 0.15) is 11.5 Å². The summed E-state index contributed by atoms with van der Waals surface area (Å²) >= 11 is 9.49. The van der Waals surface area contributed by atoms with Crippen molar-refractivity contribution in [3.8, 4) is 11.5 Å². The molecule has 0 bridgehead atoms. The first-order valence-electron chi connectivity index (χ1n) is 5.97. The average Bonchev–Trinajstić information content (AvgIpc) is 2.41. The largest absolute Gasteiger partial charge is 0.456 e. The molecule has 3 nitrogen and oxygen atoms in total. The maximum Gasteiger partial charge on any atom is 0.147 e. The van der Waals surface area contributed by atoms with E-state index >= 15 is 0 Å². The Morgan fingerprint density at radius 2 is 2.16 bits per heavy atom. The molecule has 19 heavy (non-hydrogen) atoms. The second-order valence-electron chi connectivity index (χ2n) is 3.94. The number of halogens is 2. The molecule has 0 spiro atoms. The van der Waals surface area contributed by atoms with Crippen LogP contribution in [-0.2, 0) is 6.54 Å². The molecule has 0 unspecified atom stereocenters. The lowest BCUT2D eigenvalue weighted by molar-refractivity contribution is 0.480. The highest BCUT2D eigenvalue weighted by Gasteiger charge is 2.05. The number of ether oxygens (including phenoxy) is 1. The van der Waals surface area contributed by atoms with Crippen LogP contribution in [0, 0.1) is 0 Å². The molecule has 1 aromatic heterocycles. The molecule has 0 aliphatic heterocycles. The van der Waals surface area contributed by atoms with Gasteiger partial charge in [0.2, 0.25) is 0 Å². The summed E-state index contributed by atoms with van der Waals surface area (Å²) in [5, 5.41) is 3.80. The Labute approximate surface area is 126 Å². The van der Waals surface area contributed by atoms with Crippen LogP contribution in [0.5, 0.6) is 11.5 Å². The van der Waals surface area contributed by atoms with Crippen LogP contribution in [0.2, 0.25) is 5.02 Å². The van der Waals surface area contributed by atoms with Gasteiger partial charge >= 0.3 is 0 Å². The normalized spacial score (nSPS) is 10.5. The minimum Gasteiger partial charge on any atom is -0.456 e. The van der Waals surface area contributed by atoms with Crippen LogP contribution in [0.25, 0.3) is 0 Å². The molecule has 1 N–H and O–H groups in total. The molecule has 2 aromatic rings. The monoisotopic (exact) mass is 340 g/mol. The van der Waals surface area contributed by atoms with Gasteiger partial charge in [-0.2, -0.15) is 0 Å². The summed E-state index contributed by atoms with van der Waals surface area (Å²) in [6, 6.07) is 9.22. The number of nitrogens with zero attached hydrogens (tertiary/aromatic N) is 1. The first-order chi connectivity index (χ1) is 9.19. The van der Waals surface area contributed by atoms with E-state index in [-0.39, 0.29) is 0 Å². The Balaban J connectivity index is 2.16. The SMILES string of the molecule is CCNCc1cc(Oc2cc(Br)ccc2Cl)ccn1. The van der Waals surface area contributed by atoms with Crippen molar-refractivity contribution in [2.45, 2.75) is 13.5 Å². The smallest absolute Gasteiger partial charge is 0.147 e. The molecular formula is C14H14BrClN2O. The van der Waals surface area contributed by atoms with Crippen LogP contribution in [0.15, 0.2) is 41.0 Å². The Hall–Kier alpha value is -1.10. The second-order valence-corrected chi connectivity index (χ2v) is 5.26. The Morgan fingerprint density at radius 1 is 1.32 bits per heavy atom. The van der Waals surface area contributed by atoms with Crippen LogP contribution in [0.3, 0.4) is 0 Å². The van der Waals surface area contributed by atoms with Crippen LogP contribution in [0.4, 0.5) is 0 Å². The lowest BCUT2D eigenvalue weighted by atomic mass is 10.3. The number of benzene rings is 1. The summed E-state index contributed by atoms with van der Waals surface area (Å²) in [7, 11) is 0. The van der Waals surface area contributed by atoms with Gasteiger partial charge in [0.15, 0.2) is 0 Å². The highest BCUT2D eigenvalue weighted by atomic mass is 79.9. The van der Waals surface area contributed by atoms with E-state index in [2.05, 4.69) is 33.2 Å². The zero-order valence-electron chi connectivity index (χ0n) is 10.5. The number of aromatic nitrogens is 1. The Bertz CT molecular complexity index is 563. The fourth-order valence-electron chi connectivity index (χ4n) is 1.55. The summed E-state index contributed by atoms with van der Waals surface area (Å²) in [4.78, 5) is 4.27. The van der Waals surface area contributed by atoms with Gasteiger partial charge in [-0.15, -0.1) is 0 Å². The van der Waals surface area contributed by atoms with Crippen molar-refractivity contribution < 1.29 is 4.74 Å². The number of hydrogen-bond donors (Lipinski definition) is 1. The molecule has 100 valence electrons. The van der Waals surface area contributed by atoms with E-state index in [9.17, 15) is 0 Å². The second kappa shape index (κ2) is 6.89. The van der Waals surface area contributed by atoms with E-state index in [1.165, 1.54) is 0 Å². The van der Waals surface area contributed by atoms with Gasteiger partial charge in [-0.05, 0) is 30.8 Å². The Morgan fingerprint density at radius 3 is 2.95 bits per heavy atom. The van der Waals surface area contributed by atoms with Crippen LogP contribution in [0.1, 0.15) is 12.6 Å². The first kappa shape index (κ1) is 14.3. The fourth-order valence-corrected chi connectivity index (χ4v) is 2.05. The van der Waals surface area contributed by atoms with Gasteiger partial charge in [-0.1, -0.05) is 34.5 Å². The molecule has 0 aliphatic rings. The summed E-state index contributed by atoms with van der Waals surface area (Å²) in [5.41, 5.74) is 0.936. The molecular weight excluding hydrogens is 328 g/mol. The quantitative estimate of drug-likeness (QED) is 0.875. The van der Waals surface area contributed by atoms with Crippen molar-refractivity contribution in [1.82, 2.24) is 10.3 Å². The number of hydrogen-bond acceptors (Lipinski definition) is 3. The Kier molecular flexibility index (Phi) is 5.19. The van der Waals surface area contributed by atoms with Gasteiger partial charge < -0.3 is 10.1 Å². The summed E-state index contributed by atoms with van der Waals surface area (Å²) in [6.07, 6.45) is 1.73. The van der Waals surface area contributed by atoms with Crippen molar-refractivity contribution in [1.29, 1.82) is 0 Å². The molecule has 0 saturated carbocycles. The van der Waals surface area contributed by atoms with Gasteiger partial charge in [0.05, 0.1) is 10.7 Å². The van der Waals surface area contributed by atoms with Crippen molar-refractivity contribution in [2.75, 3.05) is 6.54 Å². The van der Waals surface area contributed by atoms with Crippen molar-refractivity contribution in [3.05, 3.63) is 51.7 Å². The molecule has 0 fully saturated rings. The predicted molar refractivity (Wildman–Crippen MR) is 80.8 cm³/mol. The first-order valence-corrected chi connectivity index (χ1v) is 7.14. The number of rotatable bonds is 5. The topological polar surface area (TPSA) is 34.1 Å². The van der Waals surface area contributed by atoms with Gasteiger partial charge in [-0.25, -0.2) is 0 Å². The molecule has 0 aliphatic carbocycles. The molecule has 0 atom stereocenters. The third-order valence-electron chi connectivity index (χ3n) is 2.47. The van der Waals surface area contributed by atoms with Gasteiger partial charge in [0, 0.05) is 23.3 Å². The van der Waals surface area contributed by atoms with Crippen molar-refractivity contribution in [2.24, 2.45) is 0 Å².